The van der Waals surface area contributed by atoms with Crippen LogP contribution in [-0.2, 0) is 16.0 Å². The Hall–Kier alpha value is -1.77. The summed E-state index contributed by atoms with van der Waals surface area (Å²) in [4.78, 5) is 11.5. The predicted octanol–water partition coefficient (Wildman–Crippen LogP) is 2.14. The van der Waals surface area contributed by atoms with E-state index in [1.807, 2.05) is 18.2 Å². The number of fused-ring (bicyclic) bond motifs is 1. The van der Waals surface area contributed by atoms with E-state index in [0.717, 1.165) is 12.1 Å². The number of anilines is 1. The molecule has 84 valence electrons. The predicted molar refractivity (Wildman–Crippen MR) is 63.3 cm³/mol. The third-order valence-corrected chi connectivity index (χ3v) is 2.73. The fourth-order valence-corrected chi connectivity index (χ4v) is 1.87. The minimum atomic E-state index is -0.312. The van der Waals surface area contributed by atoms with Crippen LogP contribution >= 0.6 is 0 Å². The van der Waals surface area contributed by atoms with Crippen molar-refractivity contribution in [1.82, 2.24) is 0 Å². The zero-order chi connectivity index (χ0) is 11.5. The van der Waals surface area contributed by atoms with Crippen LogP contribution < -0.4 is 5.32 Å². The zero-order valence-electron chi connectivity index (χ0n) is 9.32. The highest BCUT2D eigenvalue weighted by Gasteiger charge is 2.26. The van der Waals surface area contributed by atoms with Gasteiger partial charge in [0, 0.05) is 5.69 Å². The average molecular weight is 217 g/mol. The molecule has 1 aliphatic rings. The van der Waals surface area contributed by atoms with Crippen molar-refractivity contribution in [3.8, 4) is 0 Å². The molecule has 0 spiro atoms. The van der Waals surface area contributed by atoms with E-state index in [2.05, 4.69) is 18.0 Å². The molecule has 0 aliphatic carbocycles. The SMILES string of the molecule is C=C(C(=O)OCC)C1Cc2ccccc2N1. The Morgan fingerprint density at radius 3 is 3.00 bits per heavy atom. The third kappa shape index (κ3) is 1.94. The standard InChI is InChI=1S/C13H15NO2/c1-3-16-13(15)9(2)12-8-10-6-4-5-7-11(10)14-12/h4-7,12,14H,2-3,8H2,1H3. The van der Waals surface area contributed by atoms with Gasteiger partial charge in [0.1, 0.15) is 0 Å². The molecule has 0 saturated carbocycles. The molecule has 1 atom stereocenters. The maximum Gasteiger partial charge on any atom is 0.335 e. The van der Waals surface area contributed by atoms with Crippen LogP contribution in [0.4, 0.5) is 5.69 Å². The molecule has 0 amide bonds. The number of nitrogens with one attached hydrogen (secondary N) is 1. The smallest absolute Gasteiger partial charge is 0.335 e. The van der Waals surface area contributed by atoms with E-state index in [0.29, 0.717) is 12.2 Å². The lowest BCUT2D eigenvalue weighted by Gasteiger charge is -2.13. The molecule has 1 heterocycles. The lowest BCUT2D eigenvalue weighted by molar-refractivity contribution is -0.138. The molecule has 1 aromatic carbocycles. The second kappa shape index (κ2) is 4.39. The van der Waals surface area contributed by atoms with E-state index in [4.69, 9.17) is 4.74 Å². The second-order valence-electron chi connectivity index (χ2n) is 3.80. The van der Waals surface area contributed by atoms with Crippen LogP contribution in [0.15, 0.2) is 36.4 Å². The van der Waals surface area contributed by atoms with Crippen molar-refractivity contribution in [3.63, 3.8) is 0 Å². The van der Waals surface area contributed by atoms with Crippen molar-refractivity contribution in [2.24, 2.45) is 0 Å². The second-order valence-corrected chi connectivity index (χ2v) is 3.80. The van der Waals surface area contributed by atoms with Crippen molar-refractivity contribution < 1.29 is 9.53 Å². The van der Waals surface area contributed by atoms with E-state index in [9.17, 15) is 4.79 Å². The molecule has 1 N–H and O–H groups in total. The molecule has 1 aromatic rings. The molecule has 0 radical (unpaired) electrons. The van der Waals surface area contributed by atoms with Crippen LogP contribution in [0.2, 0.25) is 0 Å². The fraction of sp³-hybridized carbons (Fsp3) is 0.308. The first kappa shape index (κ1) is 10.7. The third-order valence-electron chi connectivity index (χ3n) is 2.73. The van der Waals surface area contributed by atoms with Gasteiger partial charge in [0.15, 0.2) is 0 Å². The van der Waals surface area contributed by atoms with Crippen LogP contribution in [0, 0.1) is 0 Å². The summed E-state index contributed by atoms with van der Waals surface area (Å²) >= 11 is 0. The van der Waals surface area contributed by atoms with Gasteiger partial charge >= 0.3 is 5.97 Å². The number of hydrogen-bond acceptors (Lipinski definition) is 3. The van der Waals surface area contributed by atoms with Gasteiger partial charge in [0.25, 0.3) is 0 Å². The van der Waals surface area contributed by atoms with Crippen molar-refractivity contribution in [2.75, 3.05) is 11.9 Å². The van der Waals surface area contributed by atoms with Gasteiger partial charge in [-0.2, -0.15) is 0 Å². The molecule has 0 aromatic heterocycles. The summed E-state index contributed by atoms with van der Waals surface area (Å²) < 4.78 is 4.94. The van der Waals surface area contributed by atoms with Crippen LogP contribution in [-0.4, -0.2) is 18.6 Å². The number of para-hydroxylation sites is 1. The minimum absolute atomic E-state index is 0.0311. The maximum atomic E-state index is 11.5. The number of rotatable bonds is 3. The van der Waals surface area contributed by atoms with Gasteiger partial charge in [-0.1, -0.05) is 24.8 Å². The van der Waals surface area contributed by atoms with E-state index >= 15 is 0 Å². The number of carbonyl (C=O) groups excluding carboxylic acids is 1. The van der Waals surface area contributed by atoms with Gasteiger partial charge in [0.05, 0.1) is 18.2 Å². The van der Waals surface area contributed by atoms with Crippen molar-refractivity contribution in [3.05, 3.63) is 42.0 Å². The van der Waals surface area contributed by atoms with E-state index in [1.165, 1.54) is 5.56 Å². The molecular formula is C13H15NO2. The van der Waals surface area contributed by atoms with Crippen molar-refractivity contribution in [2.45, 2.75) is 19.4 Å². The molecule has 0 bridgehead atoms. The quantitative estimate of drug-likeness (QED) is 0.622. The van der Waals surface area contributed by atoms with Crippen LogP contribution in [0.1, 0.15) is 12.5 Å². The lowest BCUT2D eigenvalue weighted by Crippen LogP contribution is -2.24. The summed E-state index contributed by atoms with van der Waals surface area (Å²) in [7, 11) is 0. The van der Waals surface area contributed by atoms with Crippen LogP contribution in [0.5, 0.6) is 0 Å². The number of hydrogen-bond donors (Lipinski definition) is 1. The first-order chi connectivity index (χ1) is 7.72. The van der Waals surface area contributed by atoms with E-state index in [-0.39, 0.29) is 12.0 Å². The van der Waals surface area contributed by atoms with Crippen LogP contribution in [0.3, 0.4) is 0 Å². The molecule has 2 rings (SSSR count). The summed E-state index contributed by atoms with van der Waals surface area (Å²) in [6, 6.07) is 8.00. The molecule has 1 aliphatic heterocycles. The lowest BCUT2D eigenvalue weighted by atomic mass is 10.0. The monoisotopic (exact) mass is 217 g/mol. The highest BCUT2D eigenvalue weighted by molar-refractivity contribution is 5.90. The Balaban J connectivity index is 2.06. The van der Waals surface area contributed by atoms with Crippen molar-refractivity contribution in [1.29, 1.82) is 0 Å². The van der Waals surface area contributed by atoms with Gasteiger partial charge < -0.3 is 10.1 Å². The topological polar surface area (TPSA) is 38.3 Å². The maximum absolute atomic E-state index is 11.5. The van der Waals surface area contributed by atoms with E-state index in [1.54, 1.807) is 6.92 Å². The molecule has 0 saturated heterocycles. The number of ether oxygens (including phenoxy) is 1. The summed E-state index contributed by atoms with van der Waals surface area (Å²) in [5, 5.41) is 3.27. The highest BCUT2D eigenvalue weighted by Crippen LogP contribution is 2.28. The minimum Gasteiger partial charge on any atom is -0.463 e. The average Bonchev–Trinajstić information content (AvgIpc) is 2.71. The first-order valence-electron chi connectivity index (χ1n) is 5.42. The molecule has 16 heavy (non-hydrogen) atoms. The largest absolute Gasteiger partial charge is 0.463 e. The zero-order valence-corrected chi connectivity index (χ0v) is 9.32. The molecule has 3 heteroatoms. The Labute approximate surface area is 95.1 Å². The first-order valence-corrected chi connectivity index (χ1v) is 5.42. The number of benzene rings is 1. The Morgan fingerprint density at radius 1 is 1.56 bits per heavy atom. The summed E-state index contributed by atoms with van der Waals surface area (Å²) in [6.45, 7) is 5.98. The Morgan fingerprint density at radius 2 is 2.31 bits per heavy atom. The van der Waals surface area contributed by atoms with Gasteiger partial charge in [-0.25, -0.2) is 4.79 Å². The molecular weight excluding hydrogens is 202 g/mol. The highest BCUT2D eigenvalue weighted by atomic mass is 16.5. The summed E-state index contributed by atoms with van der Waals surface area (Å²) in [6.07, 6.45) is 0.799. The van der Waals surface area contributed by atoms with E-state index < -0.39 is 0 Å². The van der Waals surface area contributed by atoms with Crippen LogP contribution in [0.25, 0.3) is 0 Å². The fourth-order valence-electron chi connectivity index (χ4n) is 1.87. The van der Waals surface area contributed by atoms with Gasteiger partial charge in [-0.15, -0.1) is 0 Å². The summed E-state index contributed by atoms with van der Waals surface area (Å²) in [5.74, 6) is -0.312. The Bertz CT molecular complexity index is 401. The molecule has 3 nitrogen and oxygen atoms in total. The van der Waals surface area contributed by atoms with Gasteiger partial charge in [-0.3, -0.25) is 0 Å². The van der Waals surface area contributed by atoms with Gasteiger partial charge in [0.2, 0.25) is 0 Å². The summed E-state index contributed by atoms with van der Waals surface area (Å²) in [5.41, 5.74) is 2.80. The Kier molecular flexibility index (Phi) is 2.95. The molecule has 0 fully saturated rings. The number of esters is 1. The van der Waals surface area contributed by atoms with Crippen molar-refractivity contribution >= 4 is 11.7 Å². The van der Waals surface area contributed by atoms with Gasteiger partial charge in [-0.05, 0) is 25.0 Å². The molecule has 1 unspecified atom stereocenters. The normalized spacial score (nSPS) is 17.4. The number of carbonyl (C=O) groups is 1.